The maximum Gasteiger partial charge on any atom is 0.326 e. The van der Waals surface area contributed by atoms with Gasteiger partial charge in [0.05, 0.1) is 0 Å². The van der Waals surface area contributed by atoms with E-state index in [0.29, 0.717) is 6.42 Å². The molecule has 0 saturated carbocycles. The molecule has 1 amide bonds. The van der Waals surface area contributed by atoms with Crippen LogP contribution in [0.3, 0.4) is 0 Å². The first-order valence-corrected chi connectivity index (χ1v) is 6.62. The van der Waals surface area contributed by atoms with Gasteiger partial charge in [0.15, 0.2) is 0 Å². The summed E-state index contributed by atoms with van der Waals surface area (Å²) >= 11 is 0. The number of nitrogens with one attached hydrogen (secondary N) is 1. The van der Waals surface area contributed by atoms with Crippen molar-refractivity contribution in [3.8, 4) is 0 Å². The second kappa shape index (κ2) is 8.68. The third kappa shape index (κ3) is 7.05. The summed E-state index contributed by atoms with van der Waals surface area (Å²) in [5, 5.41) is 19.9. The molecule has 1 atom stereocenters. The number of carboxylic acids is 2. The van der Waals surface area contributed by atoms with Crippen molar-refractivity contribution in [2.75, 3.05) is 0 Å². The number of hydrogen-bond donors (Lipinski definition) is 3. The molecule has 0 bridgehead atoms. The van der Waals surface area contributed by atoms with Crippen molar-refractivity contribution in [1.82, 2.24) is 10.3 Å². The lowest BCUT2D eigenvalue weighted by Crippen LogP contribution is -2.40. The maximum atomic E-state index is 11.7. The Balaban J connectivity index is 2.38. The van der Waals surface area contributed by atoms with E-state index in [4.69, 9.17) is 10.2 Å². The third-order valence-corrected chi connectivity index (χ3v) is 2.91. The zero-order chi connectivity index (χ0) is 15.7. The van der Waals surface area contributed by atoms with E-state index in [2.05, 4.69) is 10.3 Å². The lowest BCUT2D eigenvalue weighted by molar-refractivity contribution is -0.142. The van der Waals surface area contributed by atoms with E-state index in [1.165, 1.54) is 0 Å². The standard InChI is InChI=1S/C14H18N2O5/c17-12(5-4-10-6-8-15-9-7-10)16-11(14(20)21)2-1-3-13(18)19/h6-9,11H,1-5H2,(H,16,17)(H,18,19)(H,20,21)/t11-/m1/s1. The van der Waals surface area contributed by atoms with Crippen LogP contribution < -0.4 is 5.32 Å². The lowest BCUT2D eigenvalue weighted by atomic mass is 10.1. The average Bonchev–Trinajstić information content (AvgIpc) is 2.44. The Morgan fingerprint density at radius 3 is 2.38 bits per heavy atom. The van der Waals surface area contributed by atoms with E-state index >= 15 is 0 Å². The minimum Gasteiger partial charge on any atom is -0.481 e. The van der Waals surface area contributed by atoms with Crippen molar-refractivity contribution >= 4 is 17.8 Å². The first-order valence-electron chi connectivity index (χ1n) is 6.62. The van der Waals surface area contributed by atoms with Gasteiger partial charge in [0.1, 0.15) is 6.04 Å². The van der Waals surface area contributed by atoms with Crippen molar-refractivity contribution in [3.63, 3.8) is 0 Å². The quantitative estimate of drug-likeness (QED) is 0.621. The molecule has 7 nitrogen and oxygen atoms in total. The minimum atomic E-state index is -1.15. The van der Waals surface area contributed by atoms with Crippen LogP contribution in [0.2, 0.25) is 0 Å². The Morgan fingerprint density at radius 2 is 1.81 bits per heavy atom. The van der Waals surface area contributed by atoms with Crippen LogP contribution in [-0.2, 0) is 20.8 Å². The van der Waals surface area contributed by atoms with Gasteiger partial charge in [0.2, 0.25) is 5.91 Å². The van der Waals surface area contributed by atoms with Gasteiger partial charge in [0.25, 0.3) is 0 Å². The van der Waals surface area contributed by atoms with E-state index in [-0.39, 0.29) is 31.6 Å². The number of amides is 1. The summed E-state index contributed by atoms with van der Waals surface area (Å²) < 4.78 is 0. The molecule has 3 N–H and O–H groups in total. The van der Waals surface area contributed by atoms with Gasteiger partial charge in [0, 0.05) is 25.2 Å². The molecule has 1 aromatic rings. The van der Waals surface area contributed by atoms with Gasteiger partial charge in [-0.15, -0.1) is 0 Å². The molecule has 0 saturated heterocycles. The van der Waals surface area contributed by atoms with Gasteiger partial charge in [-0.05, 0) is 37.0 Å². The molecule has 114 valence electrons. The van der Waals surface area contributed by atoms with Crippen LogP contribution in [0.1, 0.15) is 31.2 Å². The van der Waals surface area contributed by atoms with Crippen molar-refractivity contribution in [3.05, 3.63) is 30.1 Å². The summed E-state index contributed by atoms with van der Waals surface area (Å²) in [6.07, 6.45) is 4.11. The molecule has 0 fully saturated rings. The highest BCUT2D eigenvalue weighted by Gasteiger charge is 2.19. The van der Waals surface area contributed by atoms with Crippen LogP contribution in [0.15, 0.2) is 24.5 Å². The fourth-order valence-corrected chi connectivity index (χ4v) is 1.79. The monoisotopic (exact) mass is 294 g/mol. The highest BCUT2D eigenvalue weighted by Crippen LogP contribution is 2.04. The smallest absolute Gasteiger partial charge is 0.326 e. The molecule has 0 radical (unpaired) electrons. The maximum absolute atomic E-state index is 11.7. The molecule has 0 unspecified atom stereocenters. The van der Waals surface area contributed by atoms with Crippen molar-refractivity contribution < 1.29 is 24.6 Å². The topological polar surface area (TPSA) is 117 Å². The Bertz CT molecular complexity index is 489. The Labute approximate surface area is 122 Å². The van der Waals surface area contributed by atoms with Crippen molar-refractivity contribution in [1.29, 1.82) is 0 Å². The van der Waals surface area contributed by atoms with Crippen LogP contribution in [0.4, 0.5) is 0 Å². The fourth-order valence-electron chi connectivity index (χ4n) is 1.79. The number of aryl methyl sites for hydroxylation is 1. The van der Waals surface area contributed by atoms with Crippen LogP contribution in [0.25, 0.3) is 0 Å². The predicted molar refractivity (Wildman–Crippen MR) is 73.6 cm³/mol. The molecule has 1 aromatic heterocycles. The van der Waals surface area contributed by atoms with E-state index < -0.39 is 18.0 Å². The van der Waals surface area contributed by atoms with Gasteiger partial charge >= 0.3 is 11.9 Å². The van der Waals surface area contributed by atoms with Gasteiger partial charge in [-0.2, -0.15) is 0 Å². The number of aliphatic carboxylic acids is 2. The van der Waals surface area contributed by atoms with E-state index in [1.54, 1.807) is 24.5 Å². The number of carbonyl (C=O) groups is 3. The number of pyridine rings is 1. The molecular formula is C14H18N2O5. The third-order valence-electron chi connectivity index (χ3n) is 2.91. The number of carbonyl (C=O) groups excluding carboxylic acids is 1. The largest absolute Gasteiger partial charge is 0.481 e. The van der Waals surface area contributed by atoms with E-state index in [9.17, 15) is 14.4 Å². The molecule has 7 heteroatoms. The zero-order valence-electron chi connectivity index (χ0n) is 11.5. The fraction of sp³-hybridized carbons (Fsp3) is 0.429. The molecule has 0 aliphatic carbocycles. The van der Waals surface area contributed by atoms with E-state index in [1.807, 2.05) is 0 Å². The van der Waals surface area contributed by atoms with Crippen LogP contribution in [0, 0.1) is 0 Å². The molecule has 0 aliphatic heterocycles. The number of rotatable bonds is 9. The van der Waals surface area contributed by atoms with Gasteiger partial charge in [-0.3, -0.25) is 14.6 Å². The second-order valence-corrected chi connectivity index (χ2v) is 4.60. The highest BCUT2D eigenvalue weighted by atomic mass is 16.4. The minimum absolute atomic E-state index is 0.0998. The first-order chi connectivity index (χ1) is 9.99. The average molecular weight is 294 g/mol. The van der Waals surface area contributed by atoms with Crippen LogP contribution in [-0.4, -0.2) is 39.1 Å². The van der Waals surface area contributed by atoms with Crippen molar-refractivity contribution in [2.24, 2.45) is 0 Å². The predicted octanol–water partition coefficient (Wildman–Crippen LogP) is 0.838. The summed E-state index contributed by atoms with van der Waals surface area (Å²) in [5.74, 6) is -2.50. The van der Waals surface area contributed by atoms with Crippen LogP contribution >= 0.6 is 0 Å². The summed E-state index contributed by atoms with van der Waals surface area (Å²) in [7, 11) is 0. The summed E-state index contributed by atoms with van der Waals surface area (Å²) in [6, 6.07) is 2.53. The van der Waals surface area contributed by atoms with Crippen LogP contribution in [0.5, 0.6) is 0 Å². The van der Waals surface area contributed by atoms with Crippen molar-refractivity contribution in [2.45, 2.75) is 38.1 Å². The molecule has 0 aromatic carbocycles. The van der Waals surface area contributed by atoms with Gasteiger partial charge < -0.3 is 15.5 Å². The molecule has 21 heavy (non-hydrogen) atoms. The van der Waals surface area contributed by atoms with E-state index in [0.717, 1.165) is 5.56 Å². The van der Waals surface area contributed by atoms with Gasteiger partial charge in [-0.25, -0.2) is 4.79 Å². The number of hydrogen-bond acceptors (Lipinski definition) is 4. The highest BCUT2D eigenvalue weighted by molar-refractivity contribution is 5.83. The summed E-state index contributed by atoms with van der Waals surface area (Å²) in [6.45, 7) is 0. The number of aromatic nitrogens is 1. The summed E-state index contributed by atoms with van der Waals surface area (Å²) in [5.41, 5.74) is 0.943. The second-order valence-electron chi connectivity index (χ2n) is 4.60. The Hall–Kier alpha value is -2.44. The first kappa shape index (κ1) is 16.6. The molecular weight excluding hydrogens is 276 g/mol. The molecule has 0 aliphatic rings. The summed E-state index contributed by atoms with van der Waals surface area (Å²) in [4.78, 5) is 37.0. The Kier molecular flexibility index (Phi) is 6.86. The lowest BCUT2D eigenvalue weighted by Gasteiger charge is -2.14. The SMILES string of the molecule is O=C(O)CCC[C@@H](NC(=O)CCc1ccncc1)C(=O)O. The molecule has 1 rings (SSSR count). The Morgan fingerprint density at radius 1 is 1.14 bits per heavy atom. The number of nitrogens with zero attached hydrogens (tertiary/aromatic N) is 1. The zero-order valence-corrected chi connectivity index (χ0v) is 11.5. The normalized spacial score (nSPS) is 11.6. The van der Waals surface area contributed by atoms with Gasteiger partial charge in [-0.1, -0.05) is 0 Å². The molecule has 0 spiro atoms. The molecule has 1 heterocycles. The number of carboxylic acid groups (broad SMARTS) is 2.